The van der Waals surface area contributed by atoms with Crippen LogP contribution in [0.5, 0.6) is 0 Å². The van der Waals surface area contributed by atoms with Crippen LogP contribution < -0.4 is 0 Å². The lowest BCUT2D eigenvalue weighted by Gasteiger charge is -2.02. The van der Waals surface area contributed by atoms with Gasteiger partial charge >= 0.3 is 0 Å². The van der Waals surface area contributed by atoms with Gasteiger partial charge in [0.2, 0.25) is 0 Å². The molecule has 6 heteroatoms. The fourth-order valence-corrected chi connectivity index (χ4v) is 1.64. The molecular weight excluding hydrogens is 219 g/mol. The molecule has 13 heavy (non-hydrogen) atoms. The predicted molar refractivity (Wildman–Crippen MR) is 45.6 cm³/mol. The van der Waals surface area contributed by atoms with E-state index >= 15 is 0 Å². The van der Waals surface area contributed by atoms with Gasteiger partial charge in [-0.2, -0.15) is 8.42 Å². The van der Waals surface area contributed by atoms with Crippen LogP contribution in [0.4, 0.5) is 4.39 Å². The molecule has 0 amide bonds. The molecule has 1 rings (SSSR count). The average molecular weight is 225 g/mol. The molecule has 0 aliphatic heterocycles. The van der Waals surface area contributed by atoms with Crippen molar-refractivity contribution in [3.8, 4) is 0 Å². The Bertz CT molecular complexity index is 416. The van der Waals surface area contributed by atoms with E-state index in [2.05, 4.69) is 4.18 Å². The predicted octanol–water partition coefficient (Wildman–Crippen LogP) is 1.81. The highest BCUT2D eigenvalue weighted by atomic mass is 35.5. The second kappa shape index (κ2) is 3.61. The SMILES string of the molecule is COS(=O)(=O)c1ccc(Cl)cc1F. The highest BCUT2D eigenvalue weighted by molar-refractivity contribution is 7.86. The summed E-state index contributed by atoms with van der Waals surface area (Å²) in [5.41, 5.74) is 0. The van der Waals surface area contributed by atoms with E-state index in [0.29, 0.717) is 0 Å². The molecule has 0 heterocycles. The molecular formula is C7H6ClFO3S. The van der Waals surface area contributed by atoms with E-state index in [1.54, 1.807) is 0 Å². The molecule has 1 aromatic rings. The fraction of sp³-hybridized carbons (Fsp3) is 0.143. The van der Waals surface area contributed by atoms with Gasteiger partial charge in [0.05, 0.1) is 7.11 Å². The van der Waals surface area contributed by atoms with E-state index in [1.165, 1.54) is 6.07 Å². The van der Waals surface area contributed by atoms with Crippen molar-refractivity contribution >= 4 is 21.7 Å². The molecule has 0 aliphatic rings. The van der Waals surface area contributed by atoms with Crippen molar-refractivity contribution in [1.29, 1.82) is 0 Å². The lowest BCUT2D eigenvalue weighted by atomic mass is 10.3. The molecule has 0 saturated heterocycles. The minimum Gasteiger partial charge on any atom is -0.270 e. The van der Waals surface area contributed by atoms with E-state index in [1.807, 2.05) is 0 Å². The van der Waals surface area contributed by atoms with Crippen molar-refractivity contribution in [1.82, 2.24) is 0 Å². The van der Waals surface area contributed by atoms with Crippen LogP contribution in [0.15, 0.2) is 23.1 Å². The molecule has 0 bridgehead atoms. The summed E-state index contributed by atoms with van der Waals surface area (Å²) in [6.07, 6.45) is 0. The van der Waals surface area contributed by atoms with Gasteiger partial charge in [0.15, 0.2) is 0 Å². The second-order valence-electron chi connectivity index (χ2n) is 2.20. The Morgan fingerprint density at radius 1 is 1.46 bits per heavy atom. The van der Waals surface area contributed by atoms with Crippen LogP contribution in [0.3, 0.4) is 0 Å². The van der Waals surface area contributed by atoms with Gasteiger partial charge in [-0.05, 0) is 18.2 Å². The zero-order chi connectivity index (χ0) is 10.1. The normalized spacial score (nSPS) is 11.6. The average Bonchev–Trinajstić information content (AvgIpc) is 2.03. The second-order valence-corrected chi connectivity index (χ2v) is 4.31. The smallest absolute Gasteiger partial charge is 0.270 e. The molecule has 3 nitrogen and oxygen atoms in total. The van der Waals surface area contributed by atoms with Crippen molar-refractivity contribution in [2.24, 2.45) is 0 Å². The van der Waals surface area contributed by atoms with Gasteiger partial charge in [-0.1, -0.05) is 11.6 Å². The number of hydrogen-bond donors (Lipinski definition) is 0. The number of rotatable bonds is 2. The van der Waals surface area contributed by atoms with Gasteiger partial charge in [0.25, 0.3) is 10.1 Å². The Morgan fingerprint density at radius 3 is 2.54 bits per heavy atom. The first-order valence-electron chi connectivity index (χ1n) is 3.23. The summed E-state index contributed by atoms with van der Waals surface area (Å²) >= 11 is 5.43. The third-order valence-corrected chi connectivity index (χ3v) is 2.93. The molecule has 1 aromatic carbocycles. The van der Waals surface area contributed by atoms with E-state index in [-0.39, 0.29) is 5.02 Å². The van der Waals surface area contributed by atoms with Crippen LogP contribution in [0.2, 0.25) is 5.02 Å². The Morgan fingerprint density at radius 2 is 2.08 bits per heavy atom. The molecule has 0 aliphatic carbocycles. The minimum absolute atomic E-state index is 0.132. The topological polar surface area (TPSA) is 43.4 Å². The molecule has 0 fully saturated rings. The van der Waals surface area contributed by atoms with Gasteiger partial charge in [0, 0.05) is 5.02 Å². The summed E-state index contributed by atoms with van der Waals surface area (Å²) in [4.78, 5) is -0.514. The zero-order valence-electron chi connectivity index (χ0n) is 6.62. The Labute approximate surface area is 80.2 Å². The minimum atomic E-state index is -3.98. The Kier molecular flexibility index (Phi) is 2.90. The number of hydrogen-bond acceptors (Lipinski definition) is 3. The summed E-state index contributed by atoms with van der Waals surface area (Å²) in [5.74, 6) is -0.922. The summed E-state index contributed by atoms with van der Waals surface area (Å²) in [5, 5.41) is 0.132. The third-order valence-electron chi connectivity index (χ3n) is 1.38. The molecule has 0 unspecified atom stereocenters. The maximum absolute atomic E-state index is 13.0. The summed E-state index contributed by atoms with van der Waals surface area (Å²) in [7, 11) is -3.02. The van der Waals surface area contributed by atoms with Crippen molar-refractivity contribution in [3.05, 3.63) is 29.0 Å². The quantitative estimate of drug-likeness (QED) is 0.720. The highest BCUT2D eigenvalue weighted by Gasteiger charge is 2.18. The monoisotopic (exact) mass is 224 g/mol. The summed E-state index contributed by atoms with van der Waals surface area (Å²) in [6.45, 7) is 0. The molecule has 0 spiro atoms. The molecule has 0 saturated carbocycles. The van der Waals surface area contributed by atoms with Crippen molar-refractivity contribution in [3.63, 3.8) is 0 Å². The van der Waals surface area contributed by atoms with Gasteiger partial charge in [0.1, 0.15) is 10.7 Å². The van der Waals surface area contributed by atoms with E-state index < -0.39 is 20.8 Å². The Balaban J connectivity index is 3.33. The van der Waals surface area contributed by atoms with Crippen LogP contribution in [0, 0.1) is 5.82 Å². The molecule has 72 valence electrons. The summed E-state index contributed by atoms with van der Waals surface area (Å²) < 4.78 is 39.2. The molecule has 0 radical (unpaired) electrons. The van der Waals surface area contributed by atoms with E-state index in [9.17, 15) is 12.8 Å². The standard InChI is InChI=1S/C7H6ClFO3S/c1-12-13(10,11)7-3-2-5(8)4-6(7)9/h2-4H,1H3. The van der Waals surface area contributed by atoms with Gasteiger partial charge in [-0.25, -0.2) is 4.39 Å². The first-order valence-corrected chi connectivity index (χ1v) is 5.01. The maximum atomic E-state index is 13.0. The molecule has 0 aromatic heterocycles. The Hall–Kier alpha value is -0.650. The number of halogens is 2. The first-order chi connectivity index (χ1) is 5.97. The maximum Gasteiger partial charge on any atom is 0.299 e. The van der Waals surface area contributed by atoms with E-state index in [4.69, 9.17) is 11.6 Å². The zero-order valence-corrected chi connectivity index (χ0v) is 8.19. The number of benzene rings is 1. The van der Waals surface area contributed by atoms with Crippen LogP contribution in [0.1, 0.15) is 0 Å². The van der Waals surface area contributed by atoms with Crippen LogP contribution in [-0.2, 0) is 14.3 Å². The highest BCUT2D eigenvalue weighted by Crippen LogP contribution is 2.19. The van der Waals surface area contributed by atoms with Crippen molar-refractivity contribution < 1.29 is 17.0 Å². The molecule has 0 N–H and O–H groups in total. The van der Waals surface area contributed by atoms with Crippen LogP contribution in [0.25, 0.3) is 0 Å². The molecule has 0 atom stereocenters. The van der Waals surface area contributed by atoms with Crippen molar-refractivity contribution in [2.45, 2.75) is 4.90 Å². The van der Waals surface area contributed by atoms with Crippen molar-refractivity contribution in [2.75, 3.05) is 7.11 Å². The first kappa shape index (κ1) is 10.4. The van der Waals surface area contributed by atoms with Gasteiger partial charge in [-0.15, -0.1) is 0 Å². The van der Waals surface area contributed by atoms with Crippen LogP contribution >= 0.6 is 11.6 Å². The van der Waals surface area contributed by atoms with Gasteiger partial charge in [-0.3, -0.25) is 4.18 Å². The fourth-order valence-electron chi connectivity index (χ4n) is 0.768. The third kappa shape index (κ3) is 2.18. The lowest BCUT2D eigenvalue weighted by molar-refractivity contribution is 0.393. The largest absolute Gasteiger partial charge is 0.299 e. The summed E-state index contributed by atoms with van der Waals surface area (Å²) in [6, 6.07) is 3.24. The van der Waals surface area contributed by atoms with Crippen LogP contribution in [-0.4, -0.2) is 15.5 Å². The van der Waals surface area contributed by atoms with E-state index in [0.717, 1.165) is 19.2 Å². The lowest BCUT2D eigenvalue weighted by Crippen LogP contribution is -2.05. The van der Waals surface area contributed by atoms with Gasteiger partial charge < -0.3 is 0 Å².